The topological polar surface area (TPSA) is 114 Å². The fourth-order valence-electron chi connectivity index (χ4n) is 3.63. The lowest BCUT2D eigenvalue weighted by Crippen LogP contribution is -2.48. The van der Waals surface area contributed by atoms with Gasteiger partial charge in [0.2, 0.25) is 5.91 Å². The number of nitro groups is 1. The third-order valence-electron chi connectivity index (χ3n) is 5.21. The molecule has 2 aromatic rings. The number of aryl methyl sites for hydroxylation is 1. The molecule has 1 aliphatic rings. The van der Waals surface area contributed by atoms with Crippen LogP contribution in [0.25, 0.3) is 0 Å². The number of amides is 2. The minimum absolute atomic E-state index is 0.00842. The van der Waals surface area contributed by atoms with Crippen molar-refractivity contribution in [2.24, 2.45) is 0 Å². The van der Waals surface area contributed by atoms with Crippen LogP contribution >= 0.6 is 0 Å². The monoisotopic (exact) mass is 428 g/mol. The van der Waals surface area contributed by atoms with Crippen molar-refractivity contribution in [2.75, 3.05) is 36.4 Å². The minimum atomic E-state index is -0.479. The number of nitro benzene ring substituents is 1. The first-order valence-corrected chi connectivity index (χ1v) is 10.1. The minimum Gasteiger partial charge on any atom is -0.362 e. The maximum Gasteiger partial charge on any atom is 0.293 e. The van der Waals surface area contributed by atoms with Crippen LogP contribution in [0, 0.1) is 17.0 Å². The highest BCUT2D eigenvalue weighted by Gasteiger charge is 2.26. The van der Waals surface area contributed by atoms with Gasteiger partial charge in [-0.05, 0) is 39.8 Å². The predicted molar refractivity (Wildman–Crippen MR) is 117 cm³/mol. The van der Waals surface area contributed by atoms with Gasteiger partial charge >= 0.3 is 0 Å². The average Bonchev–Trinajstić information content (AvgIpc) is 3.08. The van der Waals surface area contributed by atoms with E-state index in [1.807, 2.05) is 32.6 Å². The largest absolute Gasteiger partial charge is 0.362 e. The summed E-state index contributed by atoms with van der Waals surface area (Å²) in [5.41, 5.74) is 0.924. The van der Waals surface area contributed by atoms with Crippen molar-refractivity contribution >= 4 is 29.0 Å². The van der Waals surface area contributed by atoms with Gasteiger partial charge in [0.05, 0.1) is 16.2 Å². The highest BCUT2D eigenvalue weighted by molar-refractivity contribution is 6.04. The van der Waals surface area contributed by atoms with Gasteiger partial charge in [0.15, 0.2) is 0 Å². The van der Waals surface area contributed by atoms with E-state index < -0.39 is 10.8 Å². The van der Waals surface area contributed by atoms with Gasteiger partial charge in [-0.3, -0.25) is 19.7 Å². The van der Waals surface area contributed by atoms with Crippen molar-refractivity contribution in [3.8, 4) is 0 Å². The lowest BCUT2D eigenvalue weighted by Gasteiger charge is -2.35. The van der Waals surface area contributed by atoms with Crippen molar-refractivity contribution in [1.29, 1.82) is 0 Å². The molecule has 0 atom stereocenters. The van der Waals surface area contributed by atoms with E-state index in [4.69, 9.17) is 0 Å². The Morgan fingerprint density at radius 3 is 2.32 bits per heavy atom. The fourth-order valence-corrected chi connectivity index (χ4v) is 3.63. The van der Waals surface area contributed by atoms with Crippen molar-refractivity contribution in [3.63, 3.8) is 0 Å². The maximum absolute atomic E-state index is 12.9. The van der Waals surface area contributed by atoms with Crippen LogP contribution in [0.3, 0.4) is 0 Å². The number of hydrogen-bond donors (Lipinski definition) is 1. The van der Waals surface area contributed by atoms with Gasteiger partial charge in [-0.1, -0.05) is 0 Å². The van der Waals surface area contributed by atoms with E-state index in [1.54, 1.807) is 27.8 Å². The Morgan fingerprint density at radius 2 is 1.77 bits per heavy atom. The second-order valence-corrected chi connectivity index (χ2v) is 8.66. The van der Waals surface area contributed by atoms with E-state index in [-0.39, 0.29) is 22.7 Å². The molecule has 0 unspecified atom stereocenters. The van der Waals surface area contributed by atoms with E-state index >= 15 is 0 Å². The van der Waals surface area contributed by atoms with Gasteiger partial charge in [-0.25, -0.2) is 4.68 Å². The molecule has 2 heterocycles. The Hall–Kier alpha value is -3.43. The van der Waals surface area contributed by atoms with E-state index in [9.17, 15) is 19.7 Å². The summed E-state index contributed by atoms with van der Waals surface area (Å²) in [5.74, 6) is 0.0782. The Labute approximate surface area is 181 Å². The molecule has 1 saturated heterocycles. The first-order chi connectivity index (χ1) is 14.5. The smallest absolute Gasteiger partial charge is 0.293 e. The number of anilines is 2. The standard InChI is InChI=1S/C21H28N6O4/c1-14-12-19(26(23-14)21(3,4)5)22-20(29)16-6-7-17(18(13-16)27(30)31)25-10-8-24(9-11-25)15(2)28/h6-7,12-13H,8-11H2,1-5H3,(H,22,29). The predicted octanol–water partition coefficient (Wildman–Crippen LogP) is 2.78. The number of nitrogens with zero attached hydrogens (tertiary/aromatic N) is 5. The van der Waals surface area contributed by atoms with E-state index in [0.717, 1.165) is 5.69 Å². The Kier molecular flexibility index (Phi) is 6.01. The van der Waals surface area contributed by atoms with E-state index in [2.05, 4.69) is 10.4 Å². The molecule has 3 rings (SSSR count). The molecular weight excluding hydrogens is 400 g/mol. The molecule has 10 nitrogen and oxygen atoms in total. The van der Waals surface area contributed by atoms with Crippen LogP contribution in [0.5, 0.6) is 0 Å². The lowest BCUT2D eigenvalue weighted by atomic mass is 10.1. The highest BCUT2D eigenvalue weighted by Crippen LogP contribution is 2.31. The number of carbonyl (C=O) groups is 2. The molecule has 1 fully saturated rings. The molecule has 0 radical (unpaired) electrons. The van der Waals surface area contributed by atoms with Gasteiger partial charge in [-0.2, -0.15) is 5.10 Å². The van der Waals surface area contributed by atoms with Crippen LogP contribution in [0.1, 0.15) is 43.7 Å². The summed E-state index contributed by atoms with van der Waals surface area (Å²) >= 11 is 0. The van der Waals surface area contributed by atoms with Crippen LogP contribution in [0.4, 0.5) is 17.2 Å². The van der Waals surface area contributed by atoms with Crippen LogP contribution in [0.15, 0.2) is 24.3 Å². The van der Waals surface area contributed by atoms with Crippen molar-refractivity contribution in [1.82, 2.24) is 14.7 Å². The van der Waals surface area contributed by atoms with E-state index in [1.165, 1.54) is 13.0 Å². The number of piperazine rings is 1. The third-order valence-corrected chi connectivity index (χ3v) is 5.21. The van der Waals surface area contributed by atoms with Crippen LogP contribution in [-0.4, -0.2) is 57.6 Å². The van der Waals surface area contributed by atoms with Gasteiger partial charge in [0.1, 0.15) is 11.5 Å². The van der Waals surface area contributed by atoms with Crippen molar-refractivity contribution < 1.29 is 14.5 Å². The Balaban J connectivity index is 1.84. The van der Waals surface area contributed by atoms with Crippen molar-refractivity contribution in [2.45, 2.75) is 40.2 Å². The molecule has 166 valence electrons. The molecule has 0 aliphatic carbocycles. The number of aromatic nitrogens is 2. The summed E-state index contributed by atoms with van der Waals surface area (Å²) in [6.07, 6.45) is 0. The molecule has 0 spiro atoms. The van der Waals surface area contributed by atoms with Crippen LogP contribution in [0.2, 0.25) is 0 Å². The zero-order valence-corrected chi connectivity index (χ0v) is 18.5. The summed E-state index contributed by atoms with van der Waals surface area (Å²) < 4.78 is 1.72. The summed E-state index contributed by atoms with van der Waals surface area (Å²) in [6, 6.07) is 6.25. The molecule has 1 N–H and O–H groups in total. The molecule has 2 amide bonds. The summed E-state index contributed by atoms with van der Waals surface area (Å²) in [4.78, 5) is 39.2. The fraction of sp³-hybridized carbons (Fsp3) is 0.476. The molecule has 0 bridgehead atoms. The number of benzene rings is 1. The Morgan fingerprint density at radius 1 is 1.13 bits per heavy atom. The number of nitrogens with one attached hydrogen (secondary N) is 1. The highest BCUT2D eigenvalue weighted by atomic mass is 16.6. The summed E-state index contributed by atoms with van der Waals surface area (Å²) in [6.45, 7) is 11.3. The zero-order chi connectivity index (χ0) is 22.9. The summed E-state index contributed by atoms with van der Waals surface area (Å²) in [5, 5.41) is 19.0. The molecule has 1 aromatic carbocycles. The second-order valence-electron chi connectivity index (χ2n) is 8.66. The third kappa shape index (κ3) is 4.84. The molecule has 31 heavy (non-hydrogen) atoms. The van der Waals surface area contributed by atoms with Crippen molar-refractivity contribution in [3.05, 3.63) is 45.6 Å². The number of rotatable bonds is 4. The quantitative estimate of drug-likeness (QED) is 0.592. The molecule has 10 heteroatoms. The van der Waals surface area contributed by atoms with Gasteiger partial charge in [-0.15, -0.1) is 0 Å². The maximum atomic E-state index is 12.9. The molecule has 0 saturated carbocycles. The second kappa shape index (κ2) is 8.37. The molecule has 1 aromatic heterocycles. The zero-order valence-electron chi connectivity index (χ0n) is 18.5. The average molecular weight is 428 g/mol. The lowest BCUT2D eigenvalue weighted by molar-refractivity contribution is -0.384. The summed E-state index contributed by atoms with van der Waals surface area (Å²) in [7, 11) is 0. The number of carbonyl (C=O) groups excluding carboxylic acids is 2. The normalized spacial score (nSPS) is 14.5. The van der Waals surface area contributed by atoms with Gasteiger partial charge in [0, 0.05) is 50.8 Å². The van der Waals surface area contributed by atoms with Crippen LogP contribution < -0.4 is 10.2 Å². The first kappa shape index (κ1) is 22.3. The Bertz CT molecular complexity index is 1020. The molecule has 1 aliphatic heterocycles. The van der Waals surface area contributed by atoms with Gasteiger partial charge < -0.3 is 15.1 Å². The first-order valence-electron chi connectivity index (χ1n) is 10.1. The van der Waals surface area contributed by atoms with Gasteiger partial charge in [0.25, 0.3) is 11.6 Å². The number of hydrogen-bond acceptors (Lipinski definition) is 6. The molecular formula is C21H28N6O4. The van der Waals surface area contributed by atoms with Crippen LogP contribution in [-0.2, 0) is 10.3 Å². The SMILES string of the molecule is CC(=O)N1CCN(c2ccc(C(=O)Nc3cc(C)nn3C(C)(C)C)cc2[N+](=O)[O-])CC1. The van der Waals surface area contributed by atoms with E-state index in [0.29, 0.717) is 37.7 Å².